The normalized spacial score (nSPS) is 13.0. The average Bonchev–Trinajstić information content (AvgIpc) is 4.08. The smallest absolute Gasteiger partial charge is 0.136 e. The molecule has 1 spiro atoms. The zero-order chi connectivity index (χ0) is 45.9. The second-order valence-electron chi connectivity index (χ2n) is 18.8. The predicted molar refractivity (Wildman–Crippen MR) is 290 cm³/mol. The van der Waals surface area contributed by atoms with Gasteiger partial charge in [-0.05, 0) is 122 Å². The Balaban J connectivity index is 0.902. The molecule has 70 heavy (non-hydrogen) atoms. The molecular weight excluding hydrogens is 849 g/mol. The van der Waals surface area contributed by atoms with E-state index >= 15 is 0 Å². The van der Waals surface area contributed by atoms with E-state index in [-0.39, 0.29) is 0 Å². The van der Waals surface area contributed by atoms with Crippen LogP contribution in [0.2, 0.25) is 0 Å². The molecule has 3 heteroatoms. The molecule has 3 nitrogen and oxygen atoms in total. The van der Waals surface area contributed by atoms with Crippen molar-refractivity contribution in [1.82, 2.24) is 4.57 Å². The van der Waals surface area contributed by atoms with Crippen LogP contribution < -0.4 is 4.90 Å². The second kappa shape index (κ2) is 14.9. The Labute approximate surface area is 405 Å². The fraction of sp³-hybridized carbons (Fsp3) is 0.0149. The van der Waals surface area contributed by atoms with E-state index in [0.29, 0.717) is 0 Å². The number of hydrogen-bond donors (Lipinski definition) is 0. The fourth-order valence-corrected chi connectivity index (χ4v) is 12.2. The number of nitrogens with zero attached hydrogens (tertiary/aromatic N) is 2. The standard InChI is InChI=1S/C67H42N2O/c1-2-15-43(16-3-1)46-17-12-18-50(41-46)68(48-36-31-44(32-37-48)47-35-40-56-55-22-7-11-30-63(55)70-64(56)42-47)49-38-33-45(34-39-49)51-23-13-27-60-65(51)69-62-29-10-6-21-54(62)57-24-14-28-61(66(57)69)67(60)58-25-8-4-19-52(58)53-20-5-9-26-59(53)67/h1-42H. The van der Waals surface area contributed by atoms with Crippen molar-refractivity contribution in [1.29, 1.82) is 0 Å². The van der Waals surface area contributed by atoms with Crippen LogP contribution in [0.3, 0.4) is 0 Å². The topological polar surface area (TPSA) is 21.3 Å². The number of anilines is 3. The van der Waals surface area contributed by atoms with Crippen LogP contribution in [0.25, 0.3) is 93.9 Å². The zero-order valence-corrected chi connectivity index (χ0v) is 38.1. The van der Waals surface area contributed by atoms with Crippen LogP contribution in [-0.4, -0.2) is 4.57 Å². The number of para-hydroxylation sites is 4. The van der Waals surface area contributed by atoms with Crippen molar-refractivity contribution >= 4 is 60.8 Å². The van der Waals surface area contributed by atoms with Crippen LogP contribution in [0.5, 0.6) is 0 Å². The highest BCUT2D eigenvalue weighted by molar-refractivity contribution is 6.14. The molecule has 1 aliphatic carbocycles. The van der Waals surface area contributed by atoms with Gasteiger partial charge in [-0.3, -0.25) is 0 Å². The molecule has 0 saturated heterocycles. The minimum Gasteiger partial charge on any atom is -0.456 e. The van der Waals surface area contributed by atoms with Crippen LogP contribution in [-0.2, 0) is 5.41 Å². The molecule has 0 saturated carbocycles. The van der Waals surface area contributed by atoms with E-state index in [1.165, 1.54) is 77.6 Å². The average molecular weight is 891 g/mol. The third-order valence-corrected chi connectivity index (χ3v) is 15.2. The SMILES string of the molecule is c1ccc(-c2cccc(N(c3ccc(-c4ccc5c(c4)oc4ccccc45)cc3)c3ccc(-c4cccc5c4-n4c6ccccc6c6cccc(c64)C54c5ccccc5-c5ccccc54)cc3)c2)cc1. The van der Waals surface area contributed by atoms with E-state index in [1.807, 2.05) is 12.1 Å². The van der Waals surface area contributed by atoms with Gasteiger partial charge in [-0.15, -0.1) is 0 Å². The molecule has 1 aliphatic heterocycles. The van der Waals surface area contributed by atoms with E-state index in [1.54, 1.807) is 0 Å². The van der Waals surface area contributed by atoms with Gasteiger partial charge in [0.2, 0.25) is 0 Å². The van der Waals surface area contributed by atoms with Gasteiger partial charge in [-0.1, -0.05) is 194 Å². The third-order valence-electron chi connectivity index (χ3n) is 15.2. The predicted octanol–water partition coefficient (Wildman–Crippen LogP) is 17.8. The summed E-state index contributed by atoms with van der Waals surface area (Å²) < 4.78 is 8.87. The first-order valence-electron chi connectivity index (χ1n) is 24.2. The lowest BCUT2D eigenvalue weighted by atomic mass is 9.65. The highest BCUT2D eigenvalue weighted by Crippen LogP contribution is 2.62. The minimum atomic E-state index is -0.507. The van der Waals surface area contributed by atoms with Gasteiger partial charge in [0.1, 0.15) is 11.2 Å². The maximum Gasteiger partial charge on any atom is 0.136 e. The molecule has 3 heterocycles. The molecule has 0 unspecified atom stereocenters. The molecule has 0 N–H and O–H groups in total. The molecule has 0 amide bonds. The molecule has 2 aliphatic rings. The van der Waals surface area contributed by atoms with Gasteiger partial charge in [0.05, 0.1) is 22.1 Å². The highest BCUT2D eigenvalue weighted by Gasteiger charge is 2.51. The summed E-state index contributed by atoms with van der Waals surface area (Å²) in [6.07, 6.45) is 0. The summed E-state index contributed by atoms with van der Waals surface area (Å²) >= 11 is 0. The van der Waals surface area contributed by atoms with Gasteiger partial charge in [0.25, 0.3) is 0 Å². The number of rotatable bonds is 6. The van der Waals surface area contributed by atoms with Crippen molar-refractivity contribution in [2.24, 2.45) is 0 Å². The van der Waals surface area contributed by atoms with Crippen molar-refractivity contribution in [3.05, 3.63) is 277 Å². The van der Waals surface area contributed by atoms with E-state index in [2.05, 4.69) is 252 Å². The van der Waals surface area contributed by atoms with Gasteiger partial charge >= 0.3 is 0 Å². The van der Waals surface area contributed by atoms with Crippen LogP contribution in [0.4, 0.5) is 17.1 Å². The summed E-state index contributed by atoms with van der Waals surface area (Å²) in [6.45, 7) is 0. The molecule has 0 atom stereocenters. The second-order valence-corrected chi connectivity index (χ2v) is 18.8. The van der Waals surface area contributed by atoms with Gasteiger partial charge in [-0.2, -0.15) is 0 Å². The Morgan fingerprint density at radius 1 is 0.314 bits per heavy atom. The quantitative estimate of drug-likeness (QED) is 0.166. The van der Waals surface area contributed by atoms with Crippen molar-refractivity contribution in [2.45, 2.75) is 5.41 Å². The molecule has 15 rings (SSSR count). The Hall–Kier alpha value is -9.18. The molecular formula is C67H42N2O. The first kappa shape index (κ1) is 38.9. The highest BCUT2D eigenvalue weighted by atomic mass is 16.3. The van der Waals surface area contributed by atoms with E-state index in [4.69, 9.17) is 4.42 Å². The van der Waals surface area contributed by atoms with Crippen molar-refractivity contribution < 1.29 is 4.42 Å². The van der Waals surface area contributed by atoms with E-state index in [9.17, 15) is 0 Å². The molecule has 13 aromatic rings. The van der Waals surface area contributed by atoms with Crippen LogP contribution in [0.15, 0.2) is 259 Å². The Morgan fingerprint density at radius 3 is 1.63 bits per heavy atom. The van der Waals surface area contributed by atoms with Crippen LogP contribution in [0, 0.1) is 0 Å². The maximum atomic E-state index is 6.30. The first-order valence-corrected chi connectivity index (χ1v) is 24.2. The molecule has 2 aromatic heterocycles. The Bertz CT molecular complexity index is 4190. The third kappa shape index (κ3) is 5.46. The van der Waals surface area contributed by atoms with Crippen molar-refractivity contribution in [2.75, 3.05) is 4.90 Å². The lowest BCUT2D eigenvalue weighted by Crippen LogP contribution is -2.33. The molecule has 326 valence electrons. The number of aromatic nitrogens is 1. The van der Waals surface area contributed by atoms with Crippen LogP contribution >= 0.6 is 0 Å². The Morgan fingerprint density at radius 2 is 0.843 bits per heavy atom. The van der Waals surface area contributed by atoms with E-state index < -0.39 is 5.41 Å². The van der Waals surface area contributed by atoms with Crippen LogP contribution in [0.1, 0.15) is 22.3 Å². The first-order chi connectivity index (χ1) is 34.7. The summed E-state index contributed by atoms with van der Waals surface area (Å²) in [5, 5.41) is 4.82. The van der Waals surface area contributed by atoms with Crippen molar-refractivity contribution in [3.63, 3.8) is 0 Å². The van der Waals surface area contributed by atoms with Gasteiger partial charge < -0.3 is 13.9 Å². The molecule has 0 radical (unpaired) electrons. The monoisotopic (exact) mass is 890 g/mol. The summed E-state index contributed by atoms with van der Waals surface area (Å²) in [6, 6.07) is 93.6. The number of furan rings is 1. The van der Waals surface area contributed by atoms with Gasteiger partial charge in [0.15, 0.2) is 0 Å². The lowest BCUT2D eigenvalue weighted by molar-refractivity contribution is 0.669. The lowest BCUT2D eigenvalue weighted by Gasteiger charge is -2.40. The zero-order valence-electron chi connectivity index (χ0n) is 38.1. The Kier molecular flexibility index (Phi) is 8.28. The number of hydrogen-bond acceptors (Lipinski definition) is 2. The van der Waals surface area contributed by atoms with Crippen molar-refractivity contribution in [3.8, 4) is 50.2 Å². The minimum absolute atomic E-state index is 0.507. The van der Waals surface area contributed by atoms with E-state index in [0.717, 1.165) is 55.7 Å². The summed E-state index contributed by atoms with van der Waals surface area (Å²) in [4.78, 5) is 2.38. The number of benzene rings is 11. The largest absolute Gasteiger partial charge is 0.456 e. The summed E-state index contributed by atoms with van der Waals surface area (Å²) in [7, 11) is 0. The summed E-state index contributed by atoms with van der Waals surface area (Å²) in [5.74, 6) is 0. The fourth-order valence-electron chi connectivity index (χ4n) is 12.2. The molecule has 0 fully saturated rings. The number of fused-ring (bicyclic) bond motifs is 15. The summed E-state index contributed by atoms with van der Waals surface area (Å²) in [5.41, 5.74) is 23.1. The maximum absolute atomic E-state index is 6.30. The van der Waals surface area contributed by atoms with Gasteiger partial charge in [-0.25, -0.2) is 0 Å². The molecule has 0 bridgehead atoms. The molecule has 11 aromatic carbocycles. The van der Waals surface area contributed by atoms with Gasteiger partial charge in [0, 0.05) is 44.2 Å².